The molecular formula is C30H43BrN6S2. The first kappa shape index (κ1) is 30.3. The summed E-state index contributed by atoms with van der Waals surface area (Å²) >= 11 is 6.69. The summed E-state index contributed by atoms with van der Waals surface area (Å²) in [6.07, 6.45) is 16.4. The van der Waals surface area contributed by atoms with Crippen LogP contribution in [0.25, 0.3) is 0 Å². The highest BCUT2D eigenvalue weighted by Crippen LogP contribution is 2.36. The Labute approximate surface area is 250 Å². The first-order valence-corrected chi connectivity index (χ1v) is 17.4. The van der Waals surface area contributed by atoms with E-state index < -0.39 is 0 Å². The largest absolute Gasteiger partial charge is 0.389 e. The van der Waals surface area contributed by atoms with Crippen molar-refractivity contribution in [3.05, 3.63) is 32.0 Å². The summed E-state index contributed by atoms with van der Waals surface area (Å²) in [5.74, 6) is 1.88. The average Bonchev–Trinajstić information content (AvgIpc) is 3.48. The maximum Gasteiger partial charge on any atom is 0.104 e. The van der Waals surface area contributed by atoms with E-state index in [0.29, 0.717) is 15.6 Å². The minimum atomic E-state index is 0.672. The molecule has 0 spiro atoms. The van der Waals surface area contributed by atoms with Crippen molar-refractivity contribution in [2.75, 3.05) is 36.4 Å². The summed E-state index contributed by atoms with van der Waals surface area (Å²) in [6, 6.07) is 4.44. The van der Waals surface area contributed by atoms with Crippen LogP contribution >= 0.6 is 38.6 Å². The number of nitrogens with zero attached hydrogens (tertiary/aromatic N) is 3. The van der Waals surface area contributed by atoms with Crippen molar-refractivity contribution in [3.8, 4) is 12.1 Å². The molecular weight excluding hydrogens is 588 g/mol. The van der Waals surface area contributed by atoms with E-state index in [0.717, 1.165) is 62.0 Å². The van der Waals surface area contributed by atoms with Gasteiger partial charge in [0.25, 0.3) is 0 Å². The first-order chi connectivity index (χ1) is 19.0. The fraction of sp³-hybridized carbons (Fsp3) is 0.667. The number of nitriles is 2. The fourth-order valence-corrected chi connectivity index (χ4v) is 8.98. The summed E-state index contributed by atoms with van der Waals surface area (Å²) in [7, 11) is 0. The van der Waals surface area contributed by atoms with Crippen molar-refractivity contribution in [2.24, 2.45) is 11.8 Å². The summed E-state index contributed by atoms with van der Waals surface area (Å²) in [5, 5.41) is 23.9. The molecule has 6 nitrogen and oxygen atoms in total. The van der Waals surface area contributed by atoms with Gasteiger partial charge in [-0.1, -0.05) is 54.5 Å². The quantitative estimate of drug-likeness (QED) is 0.316. The van der Waals surface area contributed by atoms with Crippen LogP contribution in [0.4, 0.5) is 10.0 Å². The summed E-state index contributed by atoms with van der Waals surface area (Å²) < 4.78 is 0. The number of hydrogen-bond donors (Lipinski definition) is 3. The van der Waals surface area contributed by atoms with Gasteiger partial charge in [0.15, 0.2) is 0 Å². The number of halogens is 1. The Morgan fingerprint density at radius 1 is 0.821 bits per heavy atom. The maximum absolute atomic E-state index is 9.23. The fourth-order valence-electron chi connectivity index (χ4n) is 6.28. The Bertz CT molecular complexity index is 1150. The van der Waals surface area contributed by atoms with Crippen LogP contribution in [-0.4, -0.2) is 29.9 Å². The molecule has 2 aromatic rings. The lowest BCUT2D eigenvalue weighted by Crippen LogP contribution is -2.34. The number of anilines is 2. The van der Waals surface area contributed by atoms with E-state index >= 15 is 0 Å². The van der Waals surface area contributed by atoms with Crippen LogP contribution in [0.1, 0.15) is 96.2 Å². The van der Waals surface area contributed by atoms with Crippen LogP contribution in [0.15, 0.2) is 0 Å². The zero-order valence-electron chi connectivity index (χ0n) is 23.1. The normalized spacial score (nSPS) is 19.8. The second-order valence-corrected chi connectivity index (χ2v) is 14.2. The predicted octanol–water partition coefficient (Wildman–Crippen LogP) is 6.95. The molecule has 0 bridgehead atoms. The summed E-state index contributed by atoms with van der Waals surface area (Å²) in [5.41, 5.74) is 15.4. The van der Waals surface area contributed by atoms with Gasteiger partial charge in [-0.3, -0.25) is 4.90 Å². The lowest BCUT2D eigenvalue weighted by Gasteiger charge is -2.32. The van der Waals surface area contributed by atoms with Gasteiger partial charge >= 0.3 is 0 Å². The van der Waals surface area contributed by atoms with E-state index in [4.69, 9.17) is 16.7 Å². The van der Waals surface area contributed by atoms with E-state index in [-0.39, 0.29) is 0 Å². The van der Waals surface area contributed by atoms with Gasteiger partial charge in [0, 0.05) is 53.4 Å². The third-order valence-electron chi connectivity index (χ3n) is 8.51. The lowest BCUT2D eigenvalue weighted by molar-refractivity contribution is 0.188. The van der Waals surface area contributed by atoms with Crippen molar-refractivity contribution < 1.29 is 0 Å². The van der Waals surface area contributed by atoms with Crippen LogP contribution in [-0.2, 0) is 25.9 Å². The monoisotopic (exact) mass is 630 g/mol. The Morgan fingerprint density at radius 2 is 1.38 bits per heavy atom. The maximum atomic E-state index is 9.23. The Kier molecular flexibility index (Phi) is 12.0. The minimum absolute atomic E-state index is 0.672. The number of alkyl halides is 1. The molecule has 39 heavy (non-hydrogen) atoms. The number of thiophene rings is 2. The molecule has 0 saturated heterocycles. The van der Waals surface area contributed by atoms with Gasteiger partial charge in [0.2, 0.25) is 0 Å². The van der Waals surface area contributed by atoms with Crippen LogP contribution < -0.4 is 16.8 Å². The molecule has 0 radical (unpaired) electrons. The standard InChI is InChI=1S/C15H21N3S.C8H9N3S.C7H13Br/c16-8-12-13-10-18(7-6-14(13)19-15(12)17)9-11-4-2-1-3-5-11;9-3-5-6-4-11-2-1-7(6)12-8(5)10;8-6-7-4-2-1-3-5-7/h11H,1-7,9-10,17H2;11H,1-2,4,10H2;7H,1-6H2. The Morgan fingerprint density at radius 3 is 1.95 bits per heavy atom. The van der Waals surface area contributed by atoms with Gasteiger partial charge in [-0.25, -0.2) is 0 Å². The van der Waals surface area contributed by atoms with Gasteiger partial charge in [0.05, 0.1) is 11.1 Å². The molecule has 0 amide bonds. The van der Waals surface area contributed by atoms with Gasteiger partial charge in [-0.05, 0) is 55.9 Å². The summed E-state index contributed by atoms with van der Waals surface area (Å²) in [4.78, 5) is 5.16. The number of hydrogen-bond acceptors (Lipinski definition) is 8. The van der Waals surface area contributed by atoms with E-state index in [1.807, 2.05) is 0 Å². The van der Waals surface area contributed by atoms with Crippen molar-refractivity contribution in [3.63, 3.8) is 0 Å². The van der Waals surface area contributed by atoms with Crippen molar-refractivity contribution >= 4 is 48.6 Å². The van der Waals surface area contributed by atoms with E-state index in [1.54, 1.807) is 22.7 Å². The molecule has 4 heterocycles. The molecule has 2 saturated carbocycles. The molecule has 2 aliphatic carbocycles. The minimum Gasteiger partial charge on any atom is -0.389 e. The number of fused-ring (bicyclic) bond motifs is 2. The van der Waals surface area contributed by atoms with Gasteiger partial charge in [0.1, 0.15) is 22.1 Å². The third kappa shape index (κ3) is 8.21. The molecule has 2 fully saturated rings. The highest BCUT2D eigenvalue weighted by Gasteiger charge is 2.26. The topological polar surface area (TPSA) is 115 Å². The van der Waals surface area contributed by atoms with Crippen LogP contribution in [0.2, 0.25) is 0 Å². The number of rotatable bonds is 3. The van der Waals surface area contributed by atoms with Crippen LogP contribution in [0.3, 0.4) is 0 Å². The number of nitrogens with two attached hydrogens (primary N) is 2. The van der Waals surface area contributed by atoms with E-state index in [9.17, 15) is 5.26 Å². The molecule has 2 aromatic heterocycles. The van der Waals surface area contributed by atoms with E-state index in [1.165, 1.54) is 91.4 Å². The molecule has 2 aliphatic heterocycles. The second kappa shape index (κ2) is 15.4. The predicted molar refractivity (Wildman–Crippen MR) is 168 cm³/mol. The number of nitrogens with one attached hydrogen (secondary N) is 1. The smallest absolute Gasteiger partial charge is 0.104 e. The highest BCUT2D eigenvalue weighted by atomic mass is 79.9. The highest BCUT2D eigenvalue weighted by molar-refractivity contribution is 9.09. The van der Waals surface area contributed by atoms with Crippen LogP contribution in [0, 0.1) is 34.5 Å². The zero-order chi connectivity index (χ0) is 27.6. The van der Waals surface area contributed by atoms with Crippen molar-refractivity contribution in [1.29, 1.82) is 10.5 Å². The third-order valence-corrected chi connectivity index (χ3v) is 11.7. The molecule has 4 aliphatic rings. The second-order valence-electron chi connectivity index (χ2n) is 11.3. The molecule has 5 N–H and O–H groups in total. The van der Waals surface area contributed by atoms with Gasteiger partial charge in [-0.15, -0.1) is 22.7 Å². The molecule has 6 rings (SSSR count). The molecule has 0 unspecified atom stereocenters. The van der Waals surface area contributed by atoms with E-state index in [2.05, 4.69) is 38.3 Å². The molecule has 212 valence electrons. The van der Waals surface area contributed by atoms with Gasteiger partial charge < -0.3 is 16.8 Å². The SMILES string of the molecule is BrCC1CCCCC1.N#Cc1c(N)sc2c1CN(CC1CCCCC1)CC2.N#Cc1c(N)sc2c1CNCC2. The van der Waals surface area contributed by atoms with Crippen molar-refractivity contribution in [2.45, 2.75) is 90.1 Å². The van der Waals surface area contributed by atoms with Gasteiger partial charge in [-0.2, -0.15) is 10.5 Å². The average molecular weight is 632 g/mol. The Balaban J connectivity index is 0.000000150. The summed E-state index contributed by atoms with van der Waals surface area (Å²) in [6.45, 7) is 5.07. The first-order valence-electron chi connectivity index (χ1n) is 14.6. The molecule has 0 aromatic carbocycles. The number of nitrogen functional groups attached to an aromatic ring is 2. The molecule has 9 heteroatoms. The Hall–Kier alpha value is -1.62. The molecule has 0 atom stereocenters. The zero-order valence-corrected chi connectivity index (χ0v) is 26.3. The lowest BCUT2D eigenvalue weighted by atomic mass is 9.88. The van der Waals surface area contributed by atoms with Crippen molar-refractivity contribution in [1.82, 2.24) is 10.2 Å². The van der Waals surface area contributed by atoms with Crippen LogP contribution in [0.5, 0.6) is 0 Å².